The van der Waals surface area contributed by atoms with Crippen molar-refractivity contribution in [3.63, 3.8) is 0 Å². The maximum Gasteiger partial charge on any atom is 0.0407 e. The molecule has 2 rings (SSSR count). The van der Waals surface area contributed by atoms with Crippen LogP contribution in [0, 0.1) is 0 Å². The fourth-order valence-electron chi connectivity index (χ4n) is 2.31. The van der Waals surface area contributed by atoms with Gasteiger partial charge >= 0.3 is 0 Å². The van der Waals surface area contributed by atoms with Crippen LogP contribution in [0.3, 0.4) is 0 Å². The van der Waals surface area contributed by atoms with Gasteiger partial charge in [0.2, 0.25) is 0 Å². The van der Waals surface area contributed by atoms with Crippen LogP contribution < -0.4 is 9.80 Å². The van der Waals surface area contributed by atoms with Gasteiger partial charge in [-0.15, -0.1) is 0 Å². The monoisotopic (exact) mass is 336 g/mol. The molecule has 2 aromatic rings. The van der Waals surface area contributed by atoms with Crippen molar-refractivity contribution in [3.05, 3.63) is 59.7 Å². The summed E-state index contributed by atoms with van der Waals surface area (Å²) < 4.78 is 0. The quantitative estimate of drug-likeness (QED) is 0.543. The minimum absolute atomic E-state index is 0.798. The summed E-state index contributed by atoms with van der Waals surface area (Å²) in [6.07, 6.45) is 4.82. The van der Waals surface area contributed by atoms with Crippen molar-refractivity contribution in [2.75, 3.05) is 51.1 Å². The Morgan fingerprint density at radius 2 is 1.00 bits per heavy atom. The Morgan fingerprint density at radius 3 is 1.32 bits per heavy atom. The molecule has 0 unspecified atom stereocenters. The summed E-state index contributed by atoms with van der Waals surface area (Å²) in [6, 6.07) is 16.8. The molecule has 0 fully saturated rings. The zero-order valence-corrected chi connectivity index (χ0v) is 15.7. The lowest BCUT2D eigenvalue weighted by Crippen LogP contribution is -2.08. The van der Waals surface area contributed by atoms with Gasteiger partial charge in [-0.25, -0.2) is 0 Å². The summed E-state index contributed by atoms with van der Waals surface area (Å²) in [5, 5.41) is 0. The van der Waals surface area contributed by atoms with Crippen molar-refractivity contribution in [1.29, 1.82) is 0 Å². The third kappa shape index (κ3) is 6.42. The van der Waals surface area contributed by atoms with Crippen molar-refractivity contribution < 1.29 is 0 Å². The zero-order chi connectivity index (χ0) is 18.1. The van der Waals surface area contributed by atoms with Gasteiger partial charge in [0.05, 0.1) is 0 Å². The van der Waals surface area contributed by atoms with Gasteiger partial charge in [0.15, 0.2) is 0 Å². The van der Waals surface area contributed by atoms with Crippen LogP contribution >= 0.6 is 0 Å². The molecule has 0 aliphatic heterocycles. The molecule has 0 spiro atoms. The average molecular weight is 336 g/mol. The number of hydrogen-bond donors (Lipinski definition) is 0. The molecule has 0 aliphatic rings. The molecule has 4 nitrogen and oxygen atoms in total. The van der Waals surface area contributed by atoms with E-state index < -0.39 is 0 Å². The molecule has 0 aliphatic carbocycles. The van der Waals surface area contributed by atoms with Crippen LogP contribution in [0.2, 0.25) is 0 Å². The smallest absolute Gasteiger partial charge is 0.0407 e. The largest absolute Gasteiger partial charge is 0.378 e. The van der Waals surface area contributed by atoms with Crippen LogP contribution in [-0.2, 0) is 0 Å². The molecule has 25 heavy (non-hydrogen) atoms. The maximum absolute atomic E-state index is 4.47. The summed E-state index contributed by atoms with van der Waals surface area (Å²) in [5.74, 6) is 0. The van der Waals surface area contributed by atoms with Crippen LogP contribution in [0.4, 0.5) is 11.4 Å². The molecular weight excluding hydrogens is 308 g/mol. The molecule has 0 aromatic heterocycles. The van der Waals surface area contributed by atoms with E-state index in [1.165, 1.54) is 11.4 Å². The van der Waals surface area contributed by atoms with Crippen molar-refractivity contribution >= 4 is 23.8 Å². The van der Waals surface area contributed by atoms with Gasteiger partial charge in [-0.05, 0) is 41.8 Å². The first-order valence-electron chi connectivity index (χ1n) is 8.61. The molecule has 4 heteroatoms. The Balaban J connectivity index is 1.70. The van der Waals surface area contributed by atoms with Crippen molar-refractivity contribution in [1.82, 2.24) is 0 Å². The molecule has 0 heterocycles. The van der Waals surface area contributed by atoms with Gasteiger partial charge in [-0.3, -0.25) is 9.98 Å². The summed E-state index contributed by atoms with van der Waals surface area (Å²) in [7, 11) is 8.17. The van der Waals surface area contributed by atoms with E-state index in [2.05, 4.69) is 68.3 Å². The van der Waals surface area contributed by atoms with E-state index in [0.29, 0.717) is 0 Å². The highest BCUT2D eigenvalue weighted by Crippen LogP contribution is 2.11. The lowest BCUT2D eigenvalue weighted by molar-refractivity contribution is 0.851. The zero-order valence-electron chi connectivity index (χ0n) is 15.7. The second-order valence-corrected chi connectivity index (χ2v) is 6.40. The normalized spacial score (nSPS) is 11.4. The van der Waals surface area contributed by atoms with Gasteiger partial charge in [-0.1, -0.05) is 24.3 Å². The second-order valence-electron chi connectivity index (χ2n) is 6.40. The minimum Gasteiger partial charge on any atom is -0.378 e. The van der Waals surface area contributed by atoms with Gasteiger partial charge in [0.25, 0.3) is 0 Å². The first kappa shape index (κ1) is 18.7. The second kappa shape index (κ2) is 9.62. The summed E-state index contributed by atoms with van der Waals surface area (Å²) in [6.45, 7) is 1.60. The summed E-state index contributed by atoms with van der Waals surface area (Å²) in [5.41, 5.74) is 4.67. The lowest BCUT2D eigenvalue weighted by Gasteiger charge is -2.11. The summed E-state index contributed by atoms with van der Waals surface area (Å²) >= 11 is 0. The van der Waals surface area contributed by atoms with Crippen LogP contribution in [0.1, 0.15) is 17.5 Å². The number of rotatable bonds is 8. The van der Waals surface area contributed by atoms with Gasteiger partial charge in [-0.2, -0.15) is 0 Å². The van der Waals surface area contributed by atoms with Crippen LogP contribution in [0.5, 0.6) is 0 Å². The molecule has 0 saturated carbocycles. The van der Waals surface area contributed by atoms with E-state index >= 15 is 0 Å². The fraction of sp³-hybridized carbons (Fsp3) is 0.333. The Kier molecular flexibility index (Phi) is 7.20. The number of benzene rings is 2. The number of hydrogen-bond acceptors (Lipinski definition) is 4. The molecule has 2 aromatic carbocycles. The summed E-state index contributed by atoms with van der Waals surface area (Å²) in [4.78, 5) is 13.1. The third-order valence-electron chi connectivity index (χ3n) is 3.87. The predicted molar refractivity (Wildman–Crippen MR) is 111 cm³/mol. The minimum atomic E-state index is 0.798. The standard InChI is InChI=1S/C21H28N4/c1-24(2)20-10-6-18(7-11-20)16-22-14-5-15-23-17-19-8-12-21(13-9-19)25(3)4/h6-13,16-17H,5,14-15H2,1-4H3. The van der Waals surface area contributed by atoms with Gasteiger partial charge in [0, 0.05) is 65.1 Å². The number of aliphatic imine (C=N–C) groups is 2. The first-order valence-corrected chi connectivity index (χ1v) is 8.61. The van der Waals surface area contributed by atoms with Gasteiger partial charge in [0.1, 0.15) is 0 Å². The third-order valence-corrected chi connectivity index (χ3v) is 3.87. The molecular formula is C21H28N4. The van der Waals surface area contributed by atoms with Crippen LogP contribution in [0.25, 0.3) is 0 Å². The van der Waals surface area contributed by atoms with Crippen molar-refractivity contribution in [3.8, 4) is 0 Å². The Labute approximate surface area is 151 Å². The Bertz CT molecular complexity index is 621. The molecule has 0 bridgehead atoms. The highest BCUT2D eigenvalue weighted by atomic mass is 15.1. The van der Waals surface area contributed by atoms with Gasteiger partial charge < -0.3 is 9.80 Å². The SMILES string of the molecule is CN(C)c1ccc(C=NCCCN=Cc2ccc(N(C)C)cc2)cc1. The van der Waals surface area contributed by atoms with E-state index in [0.717, 1.165) is 30.6 Å². The molecule has 132 valence electrons. The molecule has 0 N–H and O–H groups in total. The molecule has 0 atom stereocenters. The van der Waals surface area contributed by atoms with E-state index in [9.17, 15) is 0 Å². The predicted octanol–water partition coefficient (Wildman–Crippen LogP) is 3.75. The molecule has 0 amide bonds. The van der Waals surface area contributed by atoms with Crippen molar-refractivity contribution in [2.24, 2.45) is 9.98 Å². The average Bonchev–Trinajstić information content (AvgIpc) is 2.61. The lowest BCUT2D eigenvalue weighted by atomic mass is 10.2. The van der Waals surface area contributed by atoms with E-state index in [1.54, 1.807) is 0 Å². The molecule has 0 saturated heterocycles. The molecule has 0 radical (unpaired) electrons. The Morgan fingerprint density at radius 1 is 0.640 bits per heavy atom. The van der Waals surface area contributed by atoms with E-state index in [4.69, 9.17) is 0 Å². The number of nitrogens with zero attached hydrogens (tertiary/aromatic N) is 4. The van der Waals surface area contributed by atoms with Crippen LogP contribution in [0.15, 0.2) is 58.5 Å². The fourth-order valence-corrected chi connectivity index (χ4v) is 2.31. The highest BCUT2D eigenvalue weighted by Gasteiger charge is 1.95. The topological polar surface area (TPSA) is 31.2 Å². The Hall–Kier alpha value is -2.62. The highest BCUT2D eigenvalue weighted by molar-refractivity contribution is 5.81. The first-order chi connectivity index (χ1) is 12.1. The maximum atomic E-state index is 4.47. The number of anilines is 2. The van der Waals surface area contributed by atoms with E-state index in [1.807, 2.05) is 40.6 Å². The van der Waals surface area contributed by atoms with E-state index in [-0.39, 0.29) is 0 Å². The van der Waals surface area contributed by atoms with Crippen LogP contribution in [-0.4, -0.2) is 53.7 Å². The van der Waals surface area contributed by atoms with Crippen molar-refractivity contribution in [2.45, 2.75) is 6.42 Å².